The Morgan fingerprint density at radius 2 is 1.59 bits per heavy atom. The van der Waals surface area contributed by atoms with Crippen LogP contribution < -0.4 is 15.5 Å². The van der Waals surface area contributed by atoms with Crippen LogP contribution in [-0.2, 0) is 17.5 Å². The summed E-state index contributed by atoms with van der Waals surface area (Å²) in [6.07, 6.45) is -1.03. The predicted molar refractivity (Wildman–Crippen MR) is 164 cm³/mol. The number of morpholine rings is 1. The van der Waals surface area contributed by atoms with E-state index in [1.165, 1.54) is 12.1 Å². The molecule has 6 aromatic rings. The summed E-state index contributed by atoms with van der Waals surface area (Å²) in [6.45, 7) is 3.38. The smallest absolute Gasteiger partial charge is 0.378 e. The van der Waals surface area contributed by atoms with E-state index in [9.17, 15) is 13.2 Å². The third-order valence-corrected chi connectivity index (χ3v) is 7.46. The number of nitrogens with zero attached hydrogens (tertiary/aromatic N) is 6. The third-order valence-electron chi connectivity index (χ3n) is 7.46. The largest absolute Gasteiger partial charge is 0.416 e. The van der Waals surface area contributed by atoms with Crippen LogP contribution in [0.4, 0.5) is 42.0 Å². The van der Waals surface area contributed by atoms with Gasteiger partial charge in [0.2, 0.25) is 5.95 Å². The van der Waals surface area contributed by atoms with Gasteiger partial charge in [-0.1, -0.05) is 18.2 Å². The highest BCUT2D eigenvalue weighted by Crippen LogP contribution is 2.31. The van der Waals surface area contributed by atoms with Gasteiger partial charge in [-0.2, -0.15) is 23.1 Å². The van der Waals surface area contributed by atoms with Gasteiger partial charge >= 0.3 is 6.18 Å². The molecule has 9 nitrogen and oxygen atoms in total. The van der Waals surface area contributed by atoms with Gasteiger partial charge < -0.3 is 24.8 Å². The van der Waals surface area contributed by atoms with Crippen molar-refractivity contribution in [2.75, 3.05) is 41.8 Å². The normalized spacial score (nSPS) is 13.8. The average molecular weight is 597 g/mol. The average Bonchev–Trinajstić information content (AvgIpc) is 3.44. The number of hydrogen-bond donors (Lipinski definition) is 2. The van der Waals surface area contributed by atoms with E-state index in [-0.39, 0.29) is 6.54 Å². The fourth-order valence-electron chi connectivity index (χ4n) is 5.20. The number of fused-ring (bicyclic) bond motifs is 2. The van der Waals surface area contributed by atoms with Crippen molar-refractivity contribution in [1.82, 2.24) is 24.5 Å². The number of pyridine rings is 1. The molecular weight excluding hydrogens is 569 g/mol. The van der Waals surface area contributed by atoms with Gasteiger partial charge in [0.25, 0.3) is 0 Å². The van der Waals surface area contributed by atoms with Crippen molar-refractivity contribution in [3.05, 3.63) is 103 Å². The number of halogens is 3. The number of benzene rings is 3. The van der Waals surface area contributed by atoms with Gasteiger partial charge in [0.05, 0.1) is 37.2 Å². The van der Waals surface area contributed by atoms with Crippen molar-refractivity contribution < 1.29 is 17.9 Å². The molecule has 4 heterocycles. The van der Waals surface area contributed by atoms with Crippen LogP contribution >= 0.6 is 0 Å². The van der Waals surface area contributed by atoms with Crippen LogP contribution in [0.1, 0.15) is 11.1 Å². The molecule has 3 aromatic carbocycles. The van der Waals surface area contributed by atoms with Crippen molar-refractivity contribution in [2.45, 2.75) is 12.7 Å². The summed E-state index contributed by atoms with van der Waals surface area (Å²) in [6, 6.07) is 22.8. The van der Waals surface area contributed by atoms with Crippen LogP contribution in [0.15, 0.2) is 91.4 Å². The Morgan fingerprint density at radius 1 is 0.818 bits per heavy atom. The molecule has 1 saturated heterocycles. The molecule has 0 atom stereocenters. The Bertz CT molecular complexity index is 1920. The first-order valence-corrected chi connectivity index (χ1v) is 14.1. The van der Waals surface area contributed by atoms with Crippen molar-refractivity contribution in [3.8, 4) is 0 Å². The third kappa shape index (κ3) is 5.84. The molecular formula is C32H27F3N8O. The first kappa shape index (κ1) is 27.6. The van der Waals surface area contributed by atoms with E-state index in [4.69, 9.17) is 14.7 Å². The van der Waals surface area contributed by atoms with Gasteiger partial charge in [-0.3, -0.25) is 4.98 Å². The van der Waals surface area contributed by atoms with Crippen molar-refractivity contribution in [1.29, 1.82) is 0 Å². The van der Waals surface area contributed by atoms with Crippen LogP contribution in [0.25, 0.3) is 22.1 Å². The first-order valence-electron chi connectivity index (χ1n) is 14.1. The number of imidazole rings is 1. The van der Waals surface area contributed by atoms with E-state index in [1.54, 1.807) is 17.1 Å². The van der Waals surface area contributed by atoms with Crippen LogP contribution in [0.2, 0.25) is 0 Å². The molecule has 1 aliphatic heterocycles. The molecule has 3 aromatic heterocycles. The van der Waals surface area contributed by atoms with E-state index in [2.05, 4.69) is 37.6 Å². The lowest BCUT2D eigenvalue weighted by molar-refractivity contribution is -0.137. The molecule has 0 spiro atoms. The van der Waals surface area contributed by atoms with E-state index < -0.39 is 11.7 Å². The number of ether oxygens (including phenoxy) is 1. The maximum atomic E-state index is 13.1. The topological polar surface area (TPSA) is 93.0 Å². The van der Waals surface area contributed by atoms with Crippen LogP contribution in [-0.4, -0.2) is 50.8 Å². The Morgan fingerprint density at radius 3 is 2.36 bits per heavy atom. The Labute approximate surface area is 250 Å². The molecule has 2 N–H and O–H groups in total. The summed E-state index contributed by atoms with van der Waals surface area (Å²) in [4.78, 5) is 20.8. The Balaban J connectivity index is 1.22. The quantitative estimate of drug-likeness (QED) is 0.209. The minimum atomic E-state index is -4.40. The second kappa shape index (κ2) is 11.5. The molecule has 0 unspecified atom stereocenters. The minimum absolute atomic E-state index is 0.278. The lowest BCUT2D eigenvalue weighted by Gasteiger charge is -2.28. The second-order valence-corrected chi connectivity index (χ2v) is 10.4. The maximum Gasteiger partial charge on any atom is 0.416 e. The summed E-state index contributed by atoms with van der Waals surface area (Å²) in [7, 11) is 0. The summed E-state index contributed by atoms with van der Waals surface area (Å²) in [5.74, 6) is 0.826. The zero-order valence-electron chi connectivity index (χ0n) is 23.4. The molecule has 0 saturated carbocycles. The second-order valence-electron chi connectivity index (χ2n) is 10.4. The van der Waals surface area contributed by atoms with Crippen molar-refractivity contribution >= 4 is 50.9 Å². The van der Waals surface area contributed by atoms with Crippen LogP contribution in [0.3, 0.4) is 0 Å². The number of rotatable bonds is 7. The SMILES string of the molecule is FC(F)(F)c1ccc(Cn2cnc3c(Nc4ccc(N5CCOCC5)cc4)nc(Nc4ccc5ncccc5c4)nc32)cc1. The van der Waals surface area contributed by atoms with Gasteiger partial charge in [0, 0.05) is 41.7 Å². The highest BCUT2D eigenvalue weighted by Gasteiger charge is 2.30. The van der Waals surface area contributed by atoms with Gasteiger partial charge in [-0.05, 0) is 66.2 Å². The van der Waals surface area contributed by atoms with Gasteiger partial charge in [0.15, 0.2) is 17.0 Å². The number of anilines is 5. The Kier molecular flexibility index (Phi) is 7.18. The fraction of sp³-hybridized carbons (Fsp3) is 0.188. The van der Waals surface area contributed by atoms with E-state index >= 15 is 0 Å². The van der Waals surface area contributed by atoms with Gasteiger partial charge in [0.1, 0.15) is 0 Å². The zero-order chi connectivity index (χ0) is 30.1. The molecule has 0 radical (unpaired) electrons. The monoisotopic (exact) mass is 596 g/mol. The highest BCUT2D eigenvalue weighted by atomic mass is 19.4. The molecule has 222 valence electrons. The number of hydrogen-bond acceptors (Lipinski definition) is 8. The van der Waals surface area contributed by atoms with Crippen LogP contribution in [0.5, 0.6) is 0 Å². The lowest BCUT2D eigenvalue weighted by Crippen LogP contribution is -2.36. The fourth-order valence-corrected chi connectivity index (χ4v) is 5.20. The van der Waals surface area contributed by atoms with Crippen molar-refractivity contribution in [2.24, 2.45) is 0 Å². The number of alkyl halides is 3. The molecule has 1 aliphatic rings. The molecule has 0 bridgehead atoms. The predicted octanol–water partition coefficient (Wildman–Crippen LogP) is 6.77. The number of aromatic nitrogens is 5. The summed E-state index contributed by atoms with van der Waals surface area (Å²) in [5, 5.41) is 7.65. The van der Waals surface area contributed by atoms with Gasteiger partial charge in [-0.25, -0.2) is 4.98 Å². The minimum Gasteiger partial charge on any atom is -0.378 e. The van der Waals surface area contributed by atoms with E-state index in [0.717, 1.165) is 53.2 Å². The standard InChI is InChI=1S/C32H27F3N8O/c33-32(34,35)23-5-3-21(4-6-23)19-43-20-37-28-29(38-24-7-10-26(11-8-24)42-14-16-44-17-15-42)40-31(41-30(28)43)39-25-9-12-27-22(18-25)2-1-13-36-27/h1-13,18,20H,14-17,19H2,(H2,38,39,40,41). The lowest BCUT2D eigenvalue weighted by atomic mass is 10.1. The van der Waals surface area contributed by atoms with E-state index in [1.807, 2.05) is 42.5 Å². The summed E-state index contributed by atoms with van der Waals surface area (Å²) >= 11 is 0. The zero-order valence-corrected chi connectivity index (χ0v) is 23.4. The molecule has 12 heteroatoms. The molecule has 0 aliphatic carbocycles. The molecule has 0 amide bonds. The van der Waals surface area contributed by atoms with Crippen LogP contribution in [0, 0.1) is 0 Å². The summed E-state index contributed by atoms with van der Waals surface area (Å²) in [5.41, 5.74) is 4.62. The van der Waals surface area contributed by atoms with Crippen molar-refractivity contribution in [3.63, 3.8) is 0 Å². The molecule has 7 rings (SSSR count). The van der Waals surface area contributed by atoms with Gasteiger partial charge in [-0.15, -0.1) is 0 Å². The number of nitrogens with one attached hydrogen (secondary N) is 2. The molecule has 44 heavy (non-hydrogen) atoms. The van der Waals surface area contributed by atoms with E-state index in [0.29, 0.717) is 41.7 Å². The Hall–Kier alpha value is -5.23. The highest BCUT2D eigenvalue weighted by molar-refractivity contribution is 5.88. The summed E-state index contributed by atoms with van der Waals surface area (Å²) < 4.78 is 46.6. The first-order chi connectivity index (χ1) is 21.4. The molecule has 1 fully saturated rings. The maximum absolute atomic E-state index is 13.1.